The molecule has 1 aliphatic rings. The lowest BCUT2D eigenvalue weighted by atomic mass is 10.1. The molecule has 3 nitrogen and oxygen atoms in total. The first-order valence-electron chi connectivity index (χ1n) is 6.57. The molecule has 100 valence electrons. The highest BCUT2D eigenvalue weighted by molar-refractivity contribution is 6.18. The van der Waals surface area contributed by atoms with E-state index in [-0.39, 0.29) is 6.10 Å². The molecule has 0 radical (unpaired) electrons. The molecule has 0 N–H and O–H groups in total. The number of fused-ring (bicyclic) bond motifs is 1. The predicted molar refractivity (Wildman–Crippen MR) is 79.0 cm³/mol. The van der Waals surface area contributed by atoms with Crippen LogP contribution in [0.25, 0.3) is 10.8 Å². The van der Waals surface area contributed by atoms with E-state index in [9.17, 15) is 0 Å². The molecule has 0 saturated carbocycles. The van der Waals surface area contributed by atoms with Crippen molar-refractivity contribution in [3.63, 3.8) is 0 Å². The molecule has 0 spiro atoms. The number of pyridine rings is 1. The Balaban J connectivity index is 2.02. The minimum absolute atomic E-state index is 0.0821. The lowest BCUT2D eigenvalue weighted by molar-refractivity contribution is 0.0362. The minimum Gasteiger partial charge on any atom is -0.373 e. The van der Waals surface area contributed by atoms with Crippen molar-refractivity contribution in [1.82, 2.24) is 4.98 Å². The molecule has 2 unspecified atom stereocenters. The fourth-order valence-corrected chi connectivity index (χ4v) is 2.73. The number of hydrogen-bond acceptors (Lipinski definition) is 3. The average molecular weight is 277 g/mol. The molecule has 0 aliphatic carbocycles. The third-order valence-electron chi connectivity index (χ3n) is 3.60. The first-order valence-corrected chi connectivity index (χ1v) is 7.11. The number of hydrogen-bond donors (Lipinski definition) is 0. The summed E-state index contributed by atoms with van der Waals surface area (Å²) in [7, 11) is 0. The molecule has 0 bridgehead atoms. The zero-order valence-electron chi connectivity index (χ0n) is 10.9. The second-order valence-electron chi connectivity index (χ2n) is 4.97. The summed E-state index contributed by atoms with van der Waals surface area (Å²) < 4.78 is 5.70. The summed E-state index contributed by atoms with van der Waals surface area (Å²) in [4.78, 5) is 6.88. The Morgan fingerprint density at radius 2 is 2.21 bits per heavy atom. The Morgan fingerprint density at radius 3 is 3.05 bits per heavy atom. The number of anilines is 1. The Hall–Kier alpha value is -1.32. The first-order chi connectivity index (χ1) is 9.29. The van der Waals surface area contributed by atoms with Gasteiger partial charge in [0, 0.05) is 18.1 Å². The van der Waals surface area contributed by atoms with Gasteiger partial charge in [-0.1, -0.05) is 24.3 Å². The van der Waals surface area contributed by atoms with E-state index in [4.69, 9.17) is 16.3 Å². The summed E-state index contributed by atoms with van der Waals surface area (Å²) in [5, 5.41) is 2.40. The van der Waals surface area contributed by atoms with Gasteiger partial charge < -0.3 is 9.64 Å². The number of halogens is 1. The zero-order valence-corrected chi connectivity index (χ0v) is 11.7. The van der Waals surface area contributed by atoms with Gasteiger partial charge >= 0.3 is 0 Å². The Kier molecular flexibility index (Phi) is 3.58. The number of nitrogens with zero attached hydrogens (tertiary/aromatic N) is 2. The summed E-state index contributed by atoms with van der Waals surface area (Å²) in [5.41, 5.74) is 0. The number of morpholine rings is 1. The summed E-state index contributed by atoms with van der Waals surface area (Å²) >= 11 is 5.93. The highest BCUT2D eigenvalue weighted by Crippen LogP contribution is 2.27. The van der Waals surface area contributed by atoms with Crippen molar-refractivity contribution in [1.29, 1.82) is 0 Å². The number of ether oxygens (including phenoxy) is 1. The van der Waals surface area contributed by atoms with Gasteiger partial charge in [-0.3, -0.25) is 0 Å². The lowest BCUT2D eigenvalue weighted by Gasteiger charge is -2.38. The molecule has 3 rings (SSSR count). The van der Waals surface area contributed by atoms with Gasteiger partial charge in [-0.2, -0.15) is 0 Å². The topological polar surface area (TPSA) is 25.4 Å². The Morgan fingerprint density at radius 1 is 1.37 bits per heavy atom. The van der Waals surface area contributed by atoms with Crippen molar-refractivity contribution in [2.75, 3.05) is 23.9 Å². The van der Waals surface area contributed by atoms with Crippen molar-refractivity contribution in [3.8, 4) is 0 Å². The minimum atomic E-state index is 0.0821. The third-order valence-corrected chi connectivity index (χ3v) is 3.95. The van der Waals surface area contributed by atoms with Crippen LogP contribution in [0.15, 0.2) is 36.5 Å². The molecule has 4 heteroatoms. The number of rotatable bonds is 2. The van der Waals surface area contributed by atoms with E-state index < -0.39 is 0 Å². The van der Waals surface area contributed by atoms with E-state index in [2.05, 4.69) is 41.1 Å². The fourth-order valence-electron chi connectivity index (χ4n) is 2.54. The van der Waals surface area contributed by atoms with Crippen LogP contribution in [0, 0.1) is 0 Å². The highest BCUT2D eigenvalue weighted by atomic mass is 35.5. The summed E-state index contributed by atoms with van der Waals surface area (Å²) in [5.74, 6) is 1.55. The number of alkyl halides is 1. The highest BCUT2D eigenvalue weighted by Gasteiger charge is 2.27. The van der Waals surface area contributed by atoms with Gasteiger partial charge in [0.2, 0.25) is 0 Å². The maximum atomic E-state index is 5.93. The second kappa shape index (κ2) is 5.35. The largest absolute Gasteiger partial charge is 0.373 e. The standard InChI is InChI=1S/C15H17ClN2O/c1-11-10-19-13(8-16)9-18(11)15-14-5-3-2-4-12(14)6-7-17-15/h2-7,11,13H,8-10H2,1H3. The van der Waals surface area contributed by atoms with Crippen LogP contribution in [-0.2, 0) is 4.74 Å². The fraction of sp³-hybridized carbons (Fsp3) is 0.400. The molecule has 2 atom stereocenters. The number of aromatic nitrogens is 1. The molecule has 1 saturated heterocycles. The predicted octanol–water partition coefficient (Wildman–Crippen LogP) is 3.07. The van der Waals surface area contributed by atoms with Gasteiger partial charge in [0.1, 0.15) is 5.82 Å². The van der Waals surface area contributed by atoms with Gasteiger partial charge in [0.25, 0.3) is 0 Å². The quantitative estimate of drug-likeness (QED) is 0.789. The van der Waals surface area contributed by atoms with Crippen LogP contribution < -0.4 is 4.90 Å². The van der Waals surface area contributed by atoms with Crippen LogP contribution >= 0.6 is 11.6 Å². The first kappa shape index (κ1) is 12.7. The zero-order chi connectivity index (χ0) is 13.2. The van der Waals surface area contributed by atoms with E-state index in [1.54, 1.807) is 0 Å². The van der Waals surface area contributed by atoms with Crippen LogP contribution in [0.5, 0.6) is 0 Å². The van der Waals surface area contributed by atoms with Gasteiger partial charge in [0.15, 0.2) is 0 Å². The van der Waals surface area contributed by atoms with E-state index in [0.717, 1.165) is 12.4 Å². The molecular formula is C15H17ClN2O. The van der Waals surface area contributed by atoms with E-state index in [1.807, 2.05) is 12.3 Å². The summed E-state index contributed by atoms with van der Waals surface area (Å²) in [6.07, 6.45) is 1.95. The molecule has 2 aromatic rings. The van der Waals surface area contributed by atoms with Gasteiger partial charge in [-0.25, -0.2) is 4.98 Å². The van der Waals surface area contributed by atoms with Gasteiger partial charge in [-0.05, 0) is 18.4 Å². The summed E-state index contributed by atoms with van der Waals surface area (Å²) in [6.45, 7) is 3.65. The summed E-state index contributed by atoms with van der Waals surface area (Å²) in [6, 6.07) is 10.7. The average Bonchev–Trinajstić information content (AvgIpc) is 2.47. The van der Waals surface area contributed by atoms with Crippen molar-refractivity contribution in [3.05, 3.63) is 36.5 Å². The molecule has 1 aromatic heterocycles. The van der Waals surface area contributed by atoms with Crippen LogP contribution in [0.1, 0.15) is 6.92 Å². The third kappa shape index (κ3) is 2.40. The molecule has 0 amide bonds. The van der Waals surface area contributed by atoms with E-state index >= 15 is 0 Å². The number of benzene rings is 1. The van der Waals surface area contributed by atoms with Gasteiger partial charge in [0.05, 0.1) is 24.6 Å². The van der Waals surface area contributed by atoms with E-state index in [1.165, 1.54) is 10.8 Å². The van der Waals surface area contributed by atoms with Crippen LogP contribution in [0.4, 0.5) is 5.82 Å². The van der Waals surface area contributed by atoms with Crippen molar-refractivity contribution in [2.24, 2.45) is 0 Å². The SMILES string of the molecule is CC1COC(CCl)CN1c1nccc2ccccc12. The maximum Gasteiger partial charge on any atom is 0.136 e. The Bertz CT molecular complexity index is 570. The second-order valence-corrected chi connectivity index (χ2v) is 5.28. The monoisotopic (exact) mass is 276 g/mol. The van der Waals surface area contributed by atoms with Crippen molar-refractivity contribution >= 4 is 28.2 Å². The molecule has 19 heavy (non-hydrogen) atoms. The van der Waals surface area contributed by atoms with E-state index in [0.29, 0.717) is 18.5 Å². The van der Waals surface area contributed by atoms with Crippen LogP contribution in [-0.4, -0.2) is 36.2 Å². The van der Waals surface area contributed by atoms with Crippen molar-refractivity contribution < 1.29 is 4.74 Å². The smallest absolute Gasteiger partial charge is 0.136 e. The molecule has 1 aliphatic heterocycles. The molecular weight excluding hydrogens is 260 g/mol. The van der Waals surface area contributed by atoms with Gasteiger partial charge in [-0.15, -0.1) is 11.6 Å². The molecule has 1 fully saturated rings. The maximum absolute atomic E-state index is 5.93. The van der Waals surface area contributed by atoms with Crippen LogP contribution in [0.2, 0.25) is 0 Å². The Labute approximate surface area is 118 Å². The molecule has 2 heterocycles. The van der Waals surface area contributed by atoms with Crippen LogP contribution in [0.3, 0.4) is 0 Å². The van der Waals surface area contributed by atoms with Crippen molar-refractivity contribution in [2.45, 2.75) is 19.1 Å². The lowest BCUT2D eigenvalue weighted by Crippen LogP contribution is -2.49. The normalized spacial score (nSPS) is 23.8. The molecule has 1 aromatic carbocycles.